The van der Waals surface area contributed by atoms with Crippen molar-refractivity contribution in [1.82, 2.24) is 14.5 Å². The first-order valence-electron chi connectivity index (χ1n) is 11.4. The molecule has 1 aliphatic rings. The molecule has 2 rings (SSSR count). The smallest absolute Gasteiger partial charge is 0.329 e. The van der Waals surface area contributed by atoms with Crippen molar-refractivity contribution in [2.75, 3.05) is 32.9 Å². The topological polar surface area (TPSA) is 82.9 Å². The number of esters is 1. The van der Waals surface area contributed by atoms with E-state index < -0.39 is 5.79 Å². The number of carbonyl (C=O) groups is 2. The average Bonchev–Trinajstić information content (AvgIpc) is 3.30. The Balaban J connectivity index is 1.75. The monoisotopic (exact) mass is 447 g/mol. The van der Waals surface area contributed by atoms with Gasteiger partial charge in [-0.05, 0) is 33.1 Å². The van der Waals surface area contributed by atoms with Crippen LogP contribution in [0.1, 0.15) is 52.9 Å². The number of rotatable bonds is 12. The lowest BCUT2D eigenvalue weighted by molar-refractivity contribution is -0.262. The van der Waals surface area contributed by atoms with Gasteiger partial charge in [0.1, 0.15) is 12.9 Å². The molecule has 8 heteroatoms. The molecule has 1 amide bonds. The second-order valence-electron chi connectivity index (χ2n) is 8.34. The Morgan fingerprint density at radius 2 is 1.97 bits per heavy atom. The number of carbonyl (C=O) groups excluding carboxylic acids is 2. The second-order valence-corrected chi connectivity index (χ2v) is 8.34. The Bertz CT molecular complexity index is 733. The number of allylic oxidation sites excluding steroid dienone is 3. The van der Waals surface area contributed by atoms with Crippen molar-refractivity contribution in [3.8, 4) is 0 Å². The minimum atomic E-state index is -0.598. The van der Waals surface area contributed by atoms with E-state index in [-0.39, 0.29) is 30.9 Å². The van der Waals surface area contributed by atoms with Crippen LogP contribution in [0.2, 0.25) is 0 Å². The van der Waals surface area contributed by atoms with Crippen LogP contribution < -0.4 is 0 Å². The van der Waals surface area contributed by atoms with E-state index in [4.69, 9.17) is 14.2 Å². The van der Waals surface area contributed by atoms with Crippen LogP contribution in [0.5, 0.6) is 0 Å². The third-order valence-electron chi connectivity index (χ3n) is 5.02. The number of aromatic nitrogens is 2. The van der Waals surface area contributed by atoms with E-state index >= 15 is 0 Å². The Morgan fingerprint density at radius 3 is 2.66 bits per heavy atom. The minimum Gasteiger partial charge on any atom is -0.461 e. The molecule has 1 saturated heterocycles. The van der Waals surface area contributed by atoms with E-state index in [1.165, 1.54) is 10.9 Å². The van der Waals surface area contributed by atoms with E-state index in [0.29, 0.717) is 32.7 Å². The summed E-state index contributed by atoms with van der Waals surface area (Å²) in [5.74, 6) is -0.795. The van der Waals surface area contributed by atoms with Crippen molar-refractivity contribution in [2.45, 2.75) is 58.7 Å². The molecule has 1 fully saturated rings. The molecular formula is C24H37N3O5. The maximum absolute atomic E-state index is 12.9. The first kappa shape index (κ1) is 25.8. The SMILES string of the molecule is CCC/C=C\C/C=C\COC(=O)CCCN(CC1COC(C)(C)OC1)C(=O)n1ccnc1. The third kappa shape index (κ3) is 9.78. The quantitative estimate of drug-likeness (QED) is 0.353. The molecule has 0 aromatic carbocycles. The zero-order chi connectivity index (χ0) is 23.2. The van der Waals surface area contributed by atoms with Gasteiger partial charge in [0.25, 0.3) is 0 Å². The number of ether oxygens (including phenoxy) is 3. The lowest BCUT2D eigenvalue weighted by Gasteiger charge is -2.37. The van der Waals surface area contributed by atoms with Gasteiger partial charge in [0, 0.05) is 37.8 Å². The molecule has 0 saturated carbocycles. The van der Waals surface area contributed by atoms with Crippen LogP contribution in [-0.2, 0) is 19.0 Å². The summed E-state index contributed by atoms with van der Waals surface area (Å²) >= 11 is 0. The van der Waals surface area contributed by atoms with E-state index in [2.05, 4.69) is 24.1 Å². The normalized spacial score (nSPS) is 16.6. The molecule has 0 atom stereocenters. The van der Waals surface area contributed by atoms with E-state index in [1.54, 1.807) is 17.3 Å². The zero-order valence-electron chi connectivity index (χ0n) is 19.6. The van der Waals surface area contributed by atoms with Crippen molar-refractivity contribution in [2.24, 2.45) is 5.92 Å². The van der Waals surface area contributed by atoms with Crippen LogP contribution in [-0.4, -0.2) is 65.1 Å². The van der Waals surface area contributed by atoms with Gasteiger partial charge in [-0.15, -0.1) is 0 Å². The summed E-state index contributed by atoms with van der Waals surface area (Å²) in [7, 11) is 0. The first-order valence-corrected chi connectivity index (χ1v) is 11.4. The highest BCUT2D eigenvalue weighted by Crippen LogP contribution is 2.21. The molecule has 8 nitrogen and oxygen atoms in total. The van der Waals surface area contributed by atoms with Gasteiger partial charge in [-0.1, -0.05) is 37.6 Å². The van der Waals surface area contributed by atoms with Crippen LogP contribution in [0, 0.1) is 5.92 Å². The number of nitrogens with zero attached hydrogens (tertiary/aromatic N) is 3. The third-order valence-corrected chi connectivity index (χ3v) is 5.02. The first-order chi connectivity index (χ1) is 15.4. The van der Waals surface area contributed by atoms with Gasteiger partial charge in [-0.25, -0.2) is 9.78 Å². The second kappa shape index (κ2) is 13.9. The molecule has 178 valence electrons. The van der Waals surface area contributed by atoms with Gasteiger partial charge < -0.3 is 19.1 Å². The maximum Gasteiger partial charge on any atom is 0.329 e. The average molecular weight is 448 g/mol. The highest BCUT2D eigenvalue weighted by molar-refractivity contribution is 5.76. The largest absolute Gasteiger partial charge is 0.461 e. The van der Waals surface area contributed by atoms with Crippen molar-refractivity contribution in [3.05, 3.63) is 43.0 Å². The van der Waals surface area contributed by atoms with Gasteiger partial charge in [0.05, 0.1) is 13.2 Å². The molecule has 0 N–H and O–H groups in total. The minimum absolute atomic E-state index is 0.0685. The van der Waals surface area contributed by atoms with Crippen LogP contribution in [0.3, 0.4) is 0 Å². The van der Waals surface area contributed by atoms with Gasteiger partial charge in [0.2, 0.25) is 0 Å². The van der Waals surface area contributed by atoms with Crippen molar-refractivity contribution in [3.63, 3.8) is 0 Å². The molecule has 1 aromatic heterocycles. The van der Waals surface area contributed by atoms with Crippen LogP contribution >= 0.6 is 0 Å². The summed E-state index contributed by atoms with van der Waals surface area (Å²) in [6.45, 7) is 8.12. The fourth-order valence-corrected chi connectivity index (χ4v) is 3.20. The number of hydrogen-bond donors (Lipinski definition) is 0. The molecule has 0 spiro atoms. The summed E-state index contributed by atoms with van der Waals surface area (Å²) in [6, 6.07) is -0.181. The molecular weight excluding hydrogens is 410 g/mol. The lowest BCUT2D eigenvalue weighted by Crippen LogP contribution is -2.46. The maximum atomic E-state index is 12.9. The summed E-state index contributed by atoms with van der Waals surface area (Å²) in [4.78, 5) is 30.6. The summed E-state index contributed by atoms with van der Waals surface area (Å²) in [5.41, 5.74) is 0. The van der Waals surface area contributed by atoms with Crippen LogP contribution in [0.15, 0.2) is 43.0 Å². The Morgan fingerprint density at radius 1 is 1.22 bits per heavy atom. The zero-order valence-corrected chi connectivity index (χ0v) is 19.6. The molecule has 0 unspecified atom stereocenters. The predicted octanol–water partition coefficient (Wildman–Crippen LogP) is 4.18. The molecule has 1 aliphatic heterocycles. The number of unbranched alkanes of at least 4 members (excludes halogenated alkanes) is 1. The lowest BCUT2D eigenvalue weighted by atomic mass is 10.1. The molecule has 1 aromatic rings. The number of amides is 1. The Kier molecular flexibility index (Phi) is 11.2. The van der Waals surface area contributed by atoms with Gasteiger partial charge in [-0.3, -0.25) is 9.36 Å². The summed E-state index contributed by atoms with van der Waals surface area (Å²) < 4.78 is 18.1. The van der Waals surface area contributed by atoms with Gasteiger partial charge in [0.15, 0.2) is 5.79 Å². The van der Waals surface area contributed by atoms with E-state index in [0.717, 1.165) is 19.3 Å². The predicted molar refractivity (Wildman–Crippen MR) is 122 cm³/mol. The van der Waals surface area contributed by atoms with Crippen LogP contribution in [0.4, 0.5) is 4.79 Å². The number of imidazole rings is 1. The van der Waals surface area contributed by atoms with Crippen molar-refractivity contribution >= 4 is 12.0 Å². The van der Waals surface area contributed by atoms with Crippen LogP contribution in [0.25, 0.3) is 0 Å². The highest BCUT2D eigenvalue weighted by atomic mass is 16.7. The van der Waals surface area contributed by atoms with E-state index in [9.17, 15) is 9.59 Å². The Labute approximate surface area is 191 Å². The van der Waals surface area contributed by atoms with Crippen molar-refractivity contribution in [1.29, 1.82) is 0 Å². The molecule has 0 radical (unpaired) electrons. The fraction of sp³-hybridized carbons (Fsp3) is 0.625. The Hall–Kier alpha value is -2.45. The molecule has 2 heterocycles. The summed E-state index contributed by atoms with van der Waals surface area (Å²) in [5, 5.41) is 0. The summed E-state index contributed by atoms with van der Waals surface area (Å²) in [6.07, 6.45) is 16.6. The highest BCUT2D eigenvalue weighted by Gasteiger charge is 2.30. The van der Waals surface area contributed by atoms with E-state index in [1.807, 2.05) is 26.0 Å². The number of hydrogen-bond acceptors (Lipinski definition) is 6. The molecule has 0 bridgehead atoms. The fourth-order valence-electron chi connectivity index (χ4n) is 3.20. The van der Waals surface area contributed by atoms with Gasteiger partial charge >= 0.3 is 12.0 Å². The molecule has 32 heavy (non-hydrogen) atoms. The standard InChI is InChI=1S/C24H37N3O5/c1-4-5-6-7-8-9-10-16-30-22(28)12-11-14-26(23(29)27-15-13-25-20-27)17-21-18-31-24(2,3)32-19-21/h6-7,9-10,13,15,20-21H,4-5,8,11-12,14,16-19H2,1-3H3/b7-6-,10-9-. The van der Waals surface area contributed by atoms with Gasteiger partial charge in [-0.2, -0.15) is 0 Å². The van der Waals surface area contributed by atoms with Crippen molar-refractivity contribution < 1.29 is 23.8 Å². The molecule has 0 aliphatic carbocycles.